The molecule has 0 aromatic heterocycles. The lowest BCUT2D eigenvalue weighted by atomic mass is 10.2. The molecule has 23 heavy (non-hydrogen) atoms. The zero-order valence-electron chi connectivity index (χ0n) is 15.0. The van der Waals surface area contributed by atoms with Gasteiger partial charge in [0.2, 0.25) is 0 Å². The Morgan fingerprint density at radius 3 is 1.70 bits per heavy atom. The van der Waals surface area contributed by atoms with Crippen molar-refractivity contribution in [1.82, 2.24) is 5.32 Å². The molecule has 0 fully saturated rings. The van der Waals surface area contributed by atoms with Crippen molar-refractivity contribution in [3.05, 3.63) is 60.7 Å². The highest BCUT2D eigenvalue weighted by atomic mass is 28.4. The van der Waals surface area contributed by atoms with E-state index in [1.807, 2.05) is 7.05 Å². The summed E-state index contributed by atoms with van der Waals surface area (Å²) in [5, 5.41) is 6.00. The van der Waals surface area contributed by atoms with Crippen LogP contribution in [0.3, 0.4) is 0 Å². The molecule has 0 saturated carbocycles. The highest BCUT2D eigenvalue weighted by molar-refractivity contribution is 6.99. The van der Waals surface area contributed by atoms with Gasteiger partial charge in [-0.15, -0.1) is 0 Å². The van der Waals surface area contributed by atoms with Gasteiger partial charge in [-0.25, -0.2) is 0 Å². The maximum atomic E-state index is 6.80. The molecule has 0 aliphatic rings. The zero-order chi connectivity index (χ0) is 16.9. The van der Waals surface area contributed by atoms with Crippen LogP contribution in [0.5, 0.6) is 0 Å². The lowest BCUT2D eigenvalue weighted by Gasteiger charge is -2.43. The Kier molecular flexibility index (Phi) is 5.79. The summed E-state index contributed by atoms with van der Waals surface area (Å²) in [4.78, 5) is 0. The van der Waals surface area contributed by atoms with Gasteiger partial charge in [0.05, 0.1) is 0 Å². The van der Waals surface area contributed by atoms with Crippen molar-refractivity contribution in [3.63, 3.8) is 0 Å². The Bertz CT molecular complexity index is 553. The summed E-state index contributed by atoms with van der Waals surface area (Å²) < 4.78 is 6.80. The van der Waals surface area contributed by atoms with Crippen LogP contribution in [0.4, 0.5) is 0 Å². The average Bonchev–Trinajstić information content (AvgIpc) is 2.56. The summed E-state index contributed by atoms with van der Waals surface area (Å²) in [6.07, 6.45) is 0. The molecule has 2 rings (SSSR count). The molecule has 0 bridgehead atoms. The van der Waals surface area contributed by atoms with Crippen LogP contribution >= 0.6 is 0 Å². The molecule has 1 unspecified atom stereocenters. The van der Waals surface area contributed by atoms with E-state index in [1.54, 1.807) is 0 Å². The normalized spacial score (nSPS) is 13.8. The predicted molar refractivity (Wildman–Crippen MR) is 102 cm³/mol. The first kappa shape index (κ1) is 17.9. The number of nitrogens with one attached hydrogen (secondary N) is 1. The van der Waals surface area contributed by atoms with Gasteiger partial charge in [-0.3, -0.25) is 0 Å². The molecule has 0 saturated heterocycles. The first-order chi connectivity index (χ1) is 10.9. The van der Waals surface area contributed by atoms with Gasteiger partial charge >= 0.3 is 0 Å². The molecule has 2 aromatic rings. The number of benzene rings is 2. The lowest BCUT2D eigenvalue weighted by molar-refractivity contribution is 0.264. The van der Waals surface area contributed by atoms with E-state index in [0.717, 1.165) is 0 Å². The molecule has 2 aromatic carbocycles. The van der Waals surface area contributed by atoms with Crippen molar-refractivity contribution in [2.75, 3.05) is 13.7 Å². The highest BCUT2D eigenvalue weighted by Crippen LogP contribution is 2.36. The van der Waals surface area contributed by atoms with Gasteiger partial charge in [0, 0.05) is 12.6 Å². The first-order valence-corrected chi connectivity index (χ1v) is 10.2. The second-order valence-corrected chi connectivity index (χ2v) is 11.5. The van der Waals surface area contributed by atoms with Gasteiger partial charge in [0.15, 0.2) is 0 Å². The summed E-state index contributed by atoms with van der Waals surface area (Å²) >= 11 is 0. The molecule has 2 nitrogen and oxygen atoms in total. The van der Waals surface area contributed by atoms with E-state index in [9.17, 15) is 0 Å². The Morgan fingerprint density at radius 1 is 0.913 bits per heavy atom. The second kappa shape index (κ2) is 7.43. The molecule has 0 aliphatic carbocycles. The molecule has 124 valence electrons. The number of likely N-dealkylation sites (N-methyl/N-ethyl adjacent to an activating group) is 1. The minimum absolute atomic E-state index is 0.0448. The second-order valence-electron chi connectivity index (χ2n) is 7.16. The van der Waals surface area contributed by atoms with E-state index in [-0.39, 0.29) is 5.04 Å². The molecule has 1 N–H and O–H groups in total. The molecule has 0 heterocycles. The fourth-order valence-electron chi connectivity index (χ4n) is 3.09. The topological polar surface area (TPSA) is 21.3 Å². The molecule has 1 atom stereocenters. The number of hydrogen-bond donors (Lipinski definition) is 1. The van der Waals surface area contributed by atoms with Gasteiger partial charge in [-0.1, -0.05) is 81.4 Å². The summed E-state index contributed by atoms with van der Waals surface area (Å²) in [7, 11) is -0.383. The Labute approximate surface area is 142 Å². The molecular formula is C20H29NOSi. The monoisotopic (exact) mass is 327 g/mol. The maximum Gasteiger partial charge on any atom is 0.261 e. The highest BCUT2D eigenvalue weighted by Gasteiger charge is 2.50. The van der Waals surface area contributed by atoms with Crippen LogP contribution in [0.25, 0.3) is 0 Å². The lowest BCUT2D eigenvalue weighted by Crippen LogP contribution is -2.67. The Morgan fingerprint density at radius 2 is 1.35 bits per heavy atom. The van der Waals surface area contributed by atoms with Gasteiger partial charge in [0.25, 0.3) is 8.32 Å². The van der Waals surface area contributed by atoms with E-state index in [4.69, 9.17) is 4.43 Å². The van der Waals surface area contributed by atoms with Crippen molar-refractivity contribution in [2.24, 2.45) is 0 Å². The van der Waals surface area contributed by atoms with Crippen molar-refractivity contribution in [1.29, 1.82) is 0 Å². The van der Waals surface area contributed by atoms with Crippen molar-refractivity contribution >= 4 is 18.7 Å². The van der Waals surface area contributed by atoms with E-state index < -0.39 is 8.32 Å². The number of rotatable bonds is 6. The quantitative estimate of drug-likeness (QED) is 0.823. The van der Waals surface area contributed by atoms with Crippen LogP contribution in [-0.4, -0.2) is 28.0 Å². The van der Waals surface area contributed by atoms with E-state index in [0.29, 0.717) is 12.6 Å². The van der Waals surface area contributed by atoms with Crippen LogP contribution in [0.2, 0.25) is 5.04 Å². The van der Waals surface area contributed by atoms with Crippen LogP contribution in [0.15, 0.2) is 60.7 Å². The van der Waals surface area contributed by atoms with Gasteiger partial charge in [-0.05, 0) is 29.4 Å². The Balaban J connectivity index is 2.60. The summed E-state index contributed by atoms with van der Waals surface area (Å²) in [6.45, 7) is 9.80. The Hall–Kier alpha value is -1.42. The first-order valence-electron chi connectivity index (χ1n) is 8.34. The third kappa shape index (κ3) is 3.74. The summed E-state index contributed by atoms with van der Waals surface area (Å²) in [5.41, 5.74) is 0. The fraction of sp³-hybridized carbons (Fsp3) is 0.400. The van der Waals surface area contributed by atoms with E-state index in [1.165, 1.54) is 10.4 Å². The third-order valence-corrected chi connectivity index (χ3v) is 9.46. The molecule has 0 spiro atoms. The summed E-state index contributed by atoms with van der Waals surface area (Å²) in [6, 6.07) is 21.9. The summed E-state index contributed by atoms with van der Waals surface area (Å²) in [5.74, 6) is 0. The van der Waals surface area contributed by atoms with Crippen LogP contribution in [-0.2, 0) is 4.43 Å². The largest absolute Gasteiger partial charge is 0.406 e. The zero-order valence-corrected chi connectivity index (χ0v) is 16.0. The molecule has 0 amide bonds. The van der Waals surface area contributed by atoms with Gasteiger partial charge < -0.3 is 9.74 Å². The average molecular weight is 328 g/mol. The van der Waals surface area contributed by atoms with Gasteiger partial charge in [0.1, 0.15) is 0 Å². The van der Waals surface area contributed by atoms with Crippen molar-refractivity contribution in [3.8, 4) is 0 Å². The number of hydrogen-bond acceptors (Lipinski definition) is 2. The van der Waals surface area contributed by atoms with E-state index >= 15 is 0 Å². The standard InChI is InChI=1S/C20H29NOSi/c1-17(21-5)16-22-23(20(2,3)4,18-12-8-6-9-13-18)19-14-10-7-11-15-19/h6-15,17,21H,16H2,1-5H3. The maximum absolute atomic E-state index is 6.80. The van der Waals surface area contributed by atoms with E-state index in [2.05, 4.69) is 93.7 Å². The minimum atomic E-state index is -2.37. The van der Waals surface area contributed by atoms with Crippen molar-refractivity contribution in [2.45, 2.75) is 38.8 Å². The predicted octanol–water partition coefficient (Wildman–Crippen LogP) is 3.17. The molecule has 0 aliphatic heterocycles. The smallest absolute Gasteiger partial charge is 0.261 e. The van der Waals surface area contributed by atoms with Crippen LogP contribution < -0.4 is 15.7 Å². The molecule has 3 heteroatoms. The third-order valence-electron chi connectivity index (χ3n) is 4.46. The minimum Gasteiger partial charge on any atom is -0.406 e. The molecule has 0 radical (unpaired) electrons. The van der Waals surface area contributed by atoms with Crippen LogP contribution in [0.1, 0.15) is 27.7 Å². The molecular weight excluding hydrogens is 298 g/mol. The van der Waals surface area contributed by atoms with Crippen LogP contribution in [0, 0.1) is 0 Å². The SMILES string of the molecule is CNC(C)CO[Si](c1ccccc1)(c1ccccc1)C(C)(C)C. The van der Waals surface area contributed by atoms with Crippen molar-refractivity contribution < 1.29 is 4.43 Å². The fourth-order valence-corrected chi connectivity index (χ4v) is 7.75. The van der Waals surface area contributed by atoms with Gasteiger partial charge in [-0.2, -0.15) is 0 Å².